The first kappa shape index (κ1) is 53.4. The van der Waals surface area contributed by atoms with E-state index in [0.29, 0.717) is 29.8 Å². The highest BCUT2D eigenvalue weighted by molar-refractivity contribution is 7.92. The van der Waals surface area contributed by atoms with Crippen molar-refractivity contribution >= 4 is 54.7 Å². The summed E-state index contributed by atoms with van der Waals surface area (Å²) in [6.45, 7) is -1.82. The number of nitrogens with one attached hydrogen (secondary N) is 2. The standard InChI is InChI=1S/C30H22F3N3O6S.C23H16F3N3O6S/c31-18-10-22(32)20(23(33)11-18)12-34-29(38)21-14-35-19-13-36(24-8-4-5-9-25(24)43(40,41)16-19)30(39)26(35)28(27(21)37)42-15-17-6-2-1-3-7-17;24-11-5-15(25)13(16(26)6-11)7-27-22(32)14-9-28-12-8-29(23(33)19(28)21(31)20(14)30)17-3-1-2-4-18(17)36(34,35)10-12/h1-11,14,19H,12-13,15-16H2,(H,34,38);1-6,9,12,31H,7-8,10H2,(H,27,32)/t19-;12-/m11/s1. The average molecular weight is 1130 g/mol. The van der Waals surface area contributed by atoms with Crippen LogP contribution in [-0.2, 0) is 39.4 Å². The SMILES string of the molecule is O=C(NCc1c(F)cc(F)cc1F)c1cn2c(c(O)c1=O)C(=O)N1C[C@@H]2CS(=O)(=O)c2ccccc21.O=C(NCc1c(F)cc(F)cc1F)c1cn2c(c(OCc3ccccc3)c1=O)C(=O)N1C[C@@H]2CS(=O)(=O)c2ccccc21. The van der Waals surface area contributed by atoms with Crippen molar-refractivity contribution in [3.63, 3.8) is 0 Å². The van der Waals surface area contributed by atoms with Crippen molar-refractivity contribution in [1.29, 1.82) is 0 Å². The minimum absolute atomic E-state index is 0.0466. The second-order valence-corrected chi connectivity index (χ2v) is 22.4. The van der Waals surface area contributed by atoms with Crippen molar-refractivity contribution in [2.24, 2.45) is 0 Å². The summed E-state index contributed by atoms with van der Waals surface area (Å²) < 4.78 is 144. The Hall–Kier alpha value is -9.04. The van der Waals surface area contributed by atoms with Crippen LogP contribution in [0.4, 0.5) is 37.7 Å². The molecule has 0 spiro atoms. The van der Waals surface area contributed by atoms with Gasteiger partial charge in [0.15, 0.2) is 42.6 Å². The lowest BCUT2D eigenvalue weighted by atomic mass is 10.1. The van der Waals surface area contributed by atoms with Gasteiger partial charge in [-0.05, 0) is 29.8 Å². The molecule has 26 heteroatoms. The van der Waals surface area contributed by atoms with Gasteiger partial charge in [-0.3, -0.25) is 28.8 Å². The predicted molar refractivity (Wildman–Crippen MR) is 267 cm³/mol. The number of carbonyl (C=O) groups excluding carboxylic acids is 4. The highest BCUT2D eigenvalue weighted by atomic mass is 32.2. The van der Waals surface area contributed by atoms with Gasteiger partial charge in [0.05, 0.1) is 44.8 Å². The van der Waals surface area contributed by atoms with Gasteiger partial charge in [0.25, 0.3) is 23.6 Å². The molecule has 4 aliphatic rings. The zero-order valence-corrected chi connectivity index (χ0v) is 42.0. The maximum atomic E-state index is 14.2. The summed E-state index contributed by atoms with van der Waals surface area (Å²) in [5.74, 6) is -13.5. The van der Waals surface area contributed by atoms with Crippen molar-refractivity contribution in [3.8, 4) is 11.5 Å². The van der Waals surface area contributed by atoms with Gasteiger partial charge in [0, 0.05) is 74.0 Å². The quantitative estimate of drug-likeness (QED) is 0.149. The molecule has 18 nitrogen and oxygen atoms in total. The molecule has 4 aliphatic heterocycles. The van der Waals surface area contributed by atoms with Gasteiger partial charge >= 0.3 is 0 Å². The Kier molecular flexibility index (Phi) is 13.8. The molecule has 4 bridgehead atoms. The van der Waals surface area contributed by atoms with Crippen molar-refractivity contribution in [2.75, 3.05) is 34.4 Å². The summed E-state index contributed by atoms with van der Waals surface area (Å²) in [4.78, 5) is 81.9. The first-order chi connectivity index (χ1) is 37.5. The number of sulfone groups is 2. The fourth-order valence-electron chi connectivity index (χ4n) is 9.69. The van der Waals surface area contributed by atoms with Gasteiger partial charge in [-0.25, -0.2) is 43.2 Å². The molecule has 4 amide bonds. The van der Waals surface area contributed by atoms with E-state index in [1.54, 1.807) is 42.5 Å². The van der Waals surface area contributed by atoms with Crippen LogP contribution in [0.2, 0.25) is 0 Å². The maximum absolute atomic E-state index is 14.2. The topological polar surface area (TPSA) is 241 Å². The average Bonchev–Trinajstić information content (AvgIpc) is 3.61. The number of aromatic hydroxyl groups is 1. The van der Waals surface area contributed by atoms with Gasteiger partial charge in [0.2, 0.25) is 10.9 Å². The molecule has 0 unspecified atom stereocenters. The number of para-hydroxylation sites is 2. The van der Waals surface area contributed by atoms with Crippen LogP contribution in [0.25, 0.3) is 0 Å². The van der Waals surface area contributed by atoms with Crippen LogP contribution in [0.5, 0.6) is 11.5 Å². The largest absolute Gasteiger partial charge is 0.503 e. The molecule has 0 radical (unpaired) electrons. The maximum Gasteiger partial charge on any atom is 0.279 e. The fourth-order valence-corrected chi connectivity index (χ4v) is 13.2. The zero-order valence-electron chi connectivity index (χ0n) is 40.4. The minimum atomic E-state index is -3.92. The molecule has 6 heterocycles. The third-order valence-electron chi connectivity index (χ3n) is 13.5. The van der Waals surface area contributed by atoms with Gasteiger partial charge < -0.3 is 39.4 Å². The molecule has 7 aromatic rings. The normalized spacial score (nSPS) is 17.1. The highest BCUT2D eigenvalue weighted by Gasteiger charge is 2.45. The molecule has 5 aromatic carbocycles. The van der Waals surface area contributed by atoms with E-state index in [2.05, 4.69) is 10.6 Å². The van der Waals surface area contributed by atoms with Crippen LogP contribution in [-0.4, -0.2) is 79.3 Å². The Balaban J connectivity index is 0.000000181. The number of aromatic nitrogens is 2. The molecule has 0 aliphatic carbocycles. The van der Waals surface area contributed by atoms with E-state index in [1.807, 2.05) is 0 Å². The smallest absolute Gasteiger partial charge is 0.279 e. The number of fused-ring (bicyclic) bond motifs is 12. The number of benzene rings is 5. The molecule has 2 aromatic heterocycles. The van der Waals surface area contributed by atoms with Crippen molar-refractivity contribution in [3.05, 3.63) is 210 Å². The Morgan fingerprint density at radius 3 is 1.44 bits per heavy atom. The van der Waals surface area contributed by atoms with Crippen LogP contribution in [0.3, 0.4) is 0 Å². The molecule has 2 atom stereocenters. The molecular formula is C53H38F6N6O12S2. The van der Waals surface area contributed by atoms with Crippen molar-refractivity contribution < 1.29 is 72.2 Å². The van der Waals surface area contributed by atoms with Crippen LogP contribution >= 0.6 is 0 Å². The Morgan fingerprint density at radius 1 is 0.570 bits per heavy atom. The summed E-state index contributed by atoms with van der Waals surface area (Å²) in [6.07, 6.45) is 2.00. The van der Waals surface area contributed by atoms with E-state index in [1.165, 1.54) is 45.9 Å². The highest BCUT2D eigenvalue weighted by Crippen LogP contribution is 2.40. The van der Waals surface area contributed by atoms with E-state index < -0.39 is 165 Å². The van der Waals surface area contributed by atoms with E-state index in [0.717, 1.165) is 21.9 Å². The number of hydrogen-bond acceptors (Lipinski definition) is 12. The number of carbonyl (C=O) groups is 4. The van der Waals surface area contributed by atoms with Gasteiger partial charge in [-0.2, -0.15) is 0 Å². The molecule has 3 N–H and O–H groups in total. The number of hydrogen-bond donors (Lipinski definition) is 3. The zero-order chi connectivity index (χ0) is 56.4. The Labute approximate surface area is 442 Å². The van der Waals surface area contributed by atoms with Crippen LogP contribution in [0.1, 0.15) is 70.5 Å². The molecule has 0 saturated heterocycles. The van der Waals surface area contributed by atoms with E-state index in [4.69, 9.17) is 4.74 Å². The lowest BCUT2D eigenvalue weighted by molar-refractivity contribution is 0.0928. The number of amides is 4. The number of ether oxygens (including phenoxy) is 1. The third kappa shape index (κ3) is 9.76. The second kappa shape index (κ2) is 20.4. The first-order valence-electron chi connectivity index (χ1n) is 23.6. The Morgan fingerprint density at radius 2 is 0.975 bits per heavy atom. The molecule has 11 rings (SSSR count). The van der Waals surface area contributed by atoms with E-state index in [9.17, 15) is 77.1 Å². The molecule has 406 valence electrons. The molecular weight excluding hydrogens is 1090 g/mol. The van der Waals surface area contributed by atoms with Gasteiger partial charge in [-0.1, -0.05) is 54.6 Å². The van der Waals surface area contributed by atoms with E-state index in [-0.39, 0.29) is 46.6 Å². The number of halogens is 6. The van der Waals surface area contributed by atoms with Gasteiger partial charge in [0.1, 0.15) is 52.6 Å². The van der Waals surface area contributed by atoms with Crippen LogP contribution < -0.4 is 36.0 Å². The molecule has 0 fully saturated rings. The number of rotatable bonds is 9. The first-order valence-corrected chi connectivity index (χ1v) is 26.9. The summed E-state index contributed by atoms with van der Waals surface area (Å²) in [7, 11) is -7.82. The van der Waals surface area contributed by atoms with Crippen LogP contribution in [0, 0.1) is 34.9 Å². The minimum Gasteiger partial charge on any atom is -0.503 e. The fraction of sp³-hybridized carbons (Fsp3) is 0.170. The van der Waals surface area contributed by atoms with Gasteiger partial charge in [-0.15, -0.1) is 0 Å². The third-order valence-corrected chi connectivity index (χ3v) is 17.1. The van der Waals surface area contributed by atoms with Crippen LogP contribution in [0.15, 0.2) is 135 Å². The summed E-state index contributed by atoms with van der Waals surface area (Å²) in [5.41, 5.74) is -4.56. The lowest BCUT2D eigenvalue weighted by Gasteiger charge is -2.34. The number of pyridine rings is 2. The lowest BCUT2D eigenvalue weighted by Crippen LogP contribution is -2.46. The van der Waals surface area contributed by atoms with E-state index >= 15 is 0 Å². The molecule has 79 heavy (non-hydrogen) atoms. The molecule has 0 saturated carbocycles. The predicted octanol–water partition coefficient (Wildman–Crippen LogP) is 5.65. The Bertz CT molecular complexity index is 4080. The summed E-state index contributed by atoms with van der Waals surface area (Å²) in [6, 6.07) is 20.4. The number of anilines is 2. The van der Waals surface area contributed by atoms with Crippen molar-refractivity contribution in [2.45, 2.75) is 41.6 Å². The second-order valence-electron chi connectivity index (χ2n) is 18.4. The summed E-state index contributed by atoms with van der Waals surface area (Å²) >= 11 is 0. The number of nitrogens with zero attached hydrogens (tertiary/aromatic N) is 4. The summed E-state index contributed by atoms with van der Waals surface area (Å²) in [5, 5.41) is 15.0. The van der Waals surface area contributed by atoms with Crippen molar-refractivity contribution in [1.82, 2.24) is 19.8 Å². The monoisotopic (exact) mass is 1130 g/mol.